The van der Waals surface area contributed by atoms with Gasteiger partial charge in [0, 0.05) is 6.20 Å². The van der Waals surface area contributed by atoms with E-state index in [4.69, 9.17) is 4.74 Å². The molecule has 0 saturated heterocycles. The topological polar surface area (TPSA) is 101 Å². The van der Waals surface area contributed by atoms with Crippen LogP contribution >= 0.6 is 11.3 Å². The highest BCUT2D eigenvalue weighted by Gasteiger charge is 2.32. The predicted octanol–water partition coefficient (Wildman–Crippen LogP) is 5.29. The number of thiazole rings is 1. The number of amides is 2. The molecule has 0 bridgehead atoms. The van der Waals surface area contributed by atoms with Crippen molar-refractivity contribution in [1.29, 1.82) is 0 Å². The first-order valence-electron chi connectivity index (χ1n) is 12.6. The number of aliphatic hydroxyl groups excluding tert-OH is 1. The number of carbonyl (C=O) groups is 2. The molecule has 1 unspecified atom stereocenters. The summed E-state index contributed by atoms with van der Waals surface area (Å²) in [6.45, 7) is 7.84. The highest BCUT2D eigenvalue weighted by atomic mass is 32.1. The molecular weight excluding hydrogens is 462 g/mol. The van der Waals surface area contributed by atoms with Crippen LogP contribution in [0.25, 0.3) is 10.4 Å². The Hall–Kier alpha value is -2.29. The van der Waals surface area contributed by atoms with E-state index >= 15 is 0 Å². The average Bonchev–Trinajstić information content (AvgIpc) is 3.30. The van der Waals surface area contributed by atoms with Crippen molar-refractivity contribution in [2.45, 2.75) is 97.5 Å². The molecule has 3 N–H and O–H groups in total. The number of nitrogens with one attached hydrogen (secondary N) is 2. The Balaban J connectivity index is 1.65. The second-order valence-electron chi connectivity index (χ2n) is 10.4. The lowest BCUT2D eigenvalue weighted by Crippen LogP contribution is -2.50. The molecule has 1 aromatic carbocycles. The third-order valence-corrected chi connectivity index (χ3v) is 7.27. The molecule has 2 amide bonds. The summed E-state index contributed by atoms with van der Waals surface area (Å²) in [5, 5.41) is 16.3. The molecule has 35 heavy (non-hydrogen) atoms. The van der Waals surface area contributed by atoms with Crippen molar-refractivity contribution in [2.75, 3.05) is 5.32 Å². The molecule has 1 fully saturated rings. The minimum absolute atomic E-state index is 0.329. The average molecular weight is 502 g/mol. The van der Waals surface area contributed by atoms with E-state index in [-0.39, 0.29) is 5.91 Å². The molecule has 0 aliphatic heterocycles. The number of hydrogen-bond donors (Lipinski definition) is 3. The van der Waals surface area contributed by atoms with Gasteiger partial charge in [-0.3, -0.25) is 9.59 Å². The summed E-state index contributed by atoms with van der Waals surface area (Å²) < 4.78 is 6.19. The van der Waals surface area contributed by atoms with Crippen LogP contribution in [0.3, 0.4) is 0 Å². The first-order chi connectivity index (χ1) is 16.7. The van der Waals surface area contributed by atoms with Crippen LogP contribution in [0.5, 0.6) is 0 Å². The molecule has 1 aliphatic carbocycles. The number of hydrogen-bond acceptors (Lipinski definition) is 6. The van der Waals surface area contributed by atoms with Gasteiger partial charge in [0.15, 0.2) is 5.13 Å². The van der Waals surface area contributed by atoms with Crippen LogP contribution < -0.4 is 10.6 Å². The number of aliphatic hydroxyl groups is 1. The second-order valence-corrected chi connectivity index (χ2v) is 11.4. The van der Waals surface area contributed by atoms with Gasteiger partial charge in [-0.05, 0) is 35.8 Å². The van der Waals surface area contributed by atoms with Gasteiger partial charge in [0.1, 0.15) is 12.1 Å². The lowest BCUT2D eigenvalue weighted by atomic mass is 9.88. The van der Waals surface area contributed by atoms with E-state index in [1.165, 1.54) is 30.6 Å². The fraction of sp³-hybridized carbons (Fsp3) is 0.593. The fourth-order valence-corrected chi connectivity index (χ4v) is 5.06. The van der Waals surface area contributed by atoms with Gasteiger partial charge in [0.05, 0.1) is 17.6 Å². The Morgan fingerprint density at radius 1 is 1.17 bits per heavy atom. The zero-order valence-electron chi connectivity index (χ0n) is 21.3. The largest absolute Gasteiger partial charge is 0.383 e. The van der Waals surface area contributed by atoms with Crippen molar-refractivity contribution in [2.24, 2.45) is 5.41 Å². The second kappa shape index (κ2) is 12.6. The lowest BCUT2D eigenvalue weighted by Gasteiger charge is -2.26. The van der Waals surface area contributed by atoms with Gasteiger partial charge < -0.3 is 20.5 Å². The van der Waals surface area contributed by atoms with Gasteiger partial charge >= 0.3 is 0 Å². The summed E-state index contributed by atoms with van der Waals surface area (Å²) in [7, 11) is 0. The Kier molecular flexibility index (Phi) is 9.83. The van der Waals surface area contributed by atoms with E-state index in [9.17, 15) is 14.7 Å². The summed E-state index contributed by atoms with van der Waals surface area (Å²) in [4.78, 5) is 30.8. The summed E-state index contributed by atoms with van der Waals surface area (Å²) in [6.07, 6.45) is 8.08. The van der Waals surface area contributed by atoms with Crippen molar-refractivity contribution in [1.82, 2.24) is 10.3 Å². The van der Waals surface area contributed by atoms with Gasteiger partial charge in [-0.1, -0.05) is 89.0 Å². The van der Waals surface area contributed by atoms with Crippen molar-refractivity contribution < 1.29 is 19.4 Å². The molecule has 0 spiro atoms. The third-order valence-electron chi connectivity index (χ3n) is 6.32. The molecule has 2 atom stereocenters. The molecule has 1 aliphatic rings. The van der Waals surface area contributed by atoms with Crippen molar-refractivity contribution in [3.8, 4) is 10.4 Å². The first kappa shape index (κ1) is 27.3. The highest BCUT2D eigenvalue weighted by molar-refractivity contribution is 7.19. The van der Waals surface area contributed by atoms with Gasteiger partial charge in [0.25, 0.3) is 0 Å². The number of ether oxygens (including phenoxy) is 1. The minimum atomic E-state index is -1.20. The predicted molar refractivity (Wildman–Crippen MR) is 140 cm³/mol. The Bertz CT molecular complexity index is 979. The molecule has 0 radical (unpaired) electrons. The maximum Gasteiger partial charge on any atom is 0.250 e. The van der Waals surface area contributed by atoms with Crippen LogP contribution in [0, 0.1) is 5.41 Å². The number of benzene rings is 1. The molecule has 8 heteroatoms. The Labute approximate surface area is 212 Å². The maximum atomic E-state index is 12.9. The molecule has 3 rings (SSSR count). The molecule has 1 heterocycles. The Morgan fingerprint density at radius 3 is 2.57 bits per heavy atom. The molecule has 7 nitrogen and oxygen atoms in total. The van der Waals surface area contributed by atoms with Crippen molar-refractivity contribution in [3.05, 3.63) is 36.0 Å². The van der Waals surface area contributed by atoms with E-state index in [1.807, 2.05) is 25.1 Å². The van der Waals surface area contributed by atoms with Crippen LogP contribution in [0.2, 0.25) is 0 Å². The normalized spacial score (nSPS) is 16.5. The standard InChI is InChI=1S/C27H39N3O4S/c1-5-11-21(29-25(33)23(31)27(2,3)4)24(32)30-26-28-16-22(35-26)20-15-10-9-12-18(20)17-34-19-13-7-6-8-14-19/h9-10,12,15-16,19,21,23,31H,5-8,11,13-14,17H2,1-4H3,(H,29,33)(H,28,30,32)/t21?,23-/m1/s1. The lowest BCUT2D eigenvalue weighted by molar-refractivity contribution is -0.137. The van der Waals surface area contributed by atoms with E-state index < -0.39 is 23.5 Å². The molecule has 1 aromatic heterocycles. The van der Waals surface area contributed by atoms with Gasteiger partial charge in [-0.15, -0.1) is 0 Å². The number of nitrogens with zero attached hydrogens (tertiary/aromatic N) is 1. The molecular formula is C27H39N3O4S. The first-order valence-corrected chi connectivity index (χ1v) is 13.5. The summed E-state index contributed by atoms with van der Waals surface area (Å²) in [6, 6.07) is 7.38. The quantitative estimate of drug-likeness (QED) is 0.411. The van der Waals surface area contributed by atoms with Crippen LogP contribution in [0.4, 0.5) is 5.13 Å². The fourth-order valence-electron chi connectivity index (χ4n) is 4.18. The maximum absolute atomic E-state index is 12.9. The van der Waals surface area contributed by atoms with Gasteiger partial charge in [-0.2, -0.15) is 0 Å². The number of anilines is 1. The summed E-state index contributed by atoms with van der Waals surface area (Å²) in [5.74, 6) is -0.881. The molecule has 2 aromatic rings. The number of carbonyl (C=O) groups excluding carboxylic acids is 2. The summed E-state index contributed by atoms with van der Waals surface area (Å²) in [5.41, 5.74) is 1.54. The Morgan fingerprint density at radius 2 is 1.89 bits per heavy atom. The summed E-state index contributed by atoms with van der Waals surface area (Å²) >= 11 is 1.39. The zero-order valence-corrected chi connectivity index (χ0v) is 22.1. The SMILES string of the molecule is CCCC(NC(=O)[C@@H](O)C(C)(C)C)C(=O)Nc1ncc(-c2ccccc2COC2CCCCC2)s1. The smallest absolute Gasteiger partial charge is 0.250 e. The van der Waals surface area contributed by atoms with Gasteiger partial charge in [0.2, 0.25) is 11.8 Å². The van der Waals surface area contributed by atoms with E-state index in [2.05, 4.69) is 21.7 Å². The van der Waals surface area contributed by atoms with Crippen molar-refractivity contribution in [3.63, 3.8) is 0 Å². The third kappa shape index (κ3) is 7.85. The van der Waals surface area contributed by atoms with Crippen molar-refractivity contribution >= 4 is 28.3 Å². The van der Waals surface area contributed by atoms with E-state index in [1.54, 1.807) is 27.0 Å². The van der Waals surface area contributed by atoms with Crippen LogP contribution in [0.1, 0.15) is 78.2 Å². The van der Waals surface area contributed by atoms with E-state index in [0.29, 0.717) is 30.7 Å². The van der Waals surface area contributed by atoms with Crippen LogP contribution in [0.15, 0.2) is 30.5 Å². The van der Waals surface area contributed by atoms with E-state index in [0.717, 1.165) is 28.8 Å². The zero-order chi connectivity index (χ0) is 25.4. The van der Waals surface area contributed by atoms with Crippen LogP contribution in [-0.4, -0.2) is 40.2 Å². The minimum Gasteiger partial charge on any atom is -0.383 e. The van der Waals surface area contributed by atoms with Crippen LogP contribution in [-0.2, 0) is 20.9 Å². The monoisotopic (exact) mass is 501 g/mol. The number of aromatic nitrogens is 1. The van der Waals surface area contributed by atoms with Gasteiger partial charge in [-0.25, -0.2) is 4.98 Å². The molecule has 192 valence electrons. The number of rotatable bonds is 10. The molecule has 1 saturated carbocycles. The highest BCUT2D eigenvalue weighted by Crippen LogP contribution is 2.32.